The average molecular weight is 177 g/mol. The molecule has 0 amide bonds. The Morgan fingerprint density at radius 1 is 1.46 bits per heavy atom. The molecule has 0 N–H and O–H groups in total. The van der Waals surface area contributed by atoms with Crippen molar-refractivity contribution in [3.8, 4) is 0 Å². The standard InChI is InChI=1S/C8H9N3.C2H6/c1-7-3-4-10-5-8(7)6-11-9-2;1-2/h3-6H,2H2,1H3;1-2H3/b11-6-;. The third-order valence-electron chi connectivity index (χ3n) is 1.36. The zero-order chi connectivity index (χ0) is 10.1. The molecule has 0 radical (unpaired) electrons. The number of hydrogen-bond donors (Lipinski definition) is 0. The van der Waals surface area contributed by atoms with Gasteiger partial charge in [-0.25, -0.2) is 0 Å². The van der Waals surface area contributed by atoms with E-state index in [0.717, 1.165) is 11.1 Å². The van der Waals surface area contributed by atoms with E-state index in [4.69, 9.17) is 0 Å². The summed E-state index contributed by atoms with van der Waals surface area (Å²) >= 11 is 0. The lowest BCUT2D eigenvalue weighted by molar-refractivity contribution is 1.24. The van der Waals surface area contributed by atoms with Gasteiger partial charge in [0.05, 0.1) is 6.21 Å². The normalized spacial score (nSPS) is 9.15. The molecule has 1 aromatic rings. The summed E-state index contributed by atoms with van der Waals surface area (Å²) in [5.41, 5.74) is 2.10. The van der Waals surface area contributed by atoms with Gasteiger partial charge in [0.2, 0.25) is 0 Å². The fraction of sp³-hybridized carbons (Fsp3) is 0.300. The molecule has 1 rings (SSSR count). The molecule has 0 spiro atoms. The molecule has 0 saturated heterocycles. The Morgan fingerprint density at radius 3 is 2.69 bits per heavy atom. The number of aromatic nitrogens is 1. The number of aryl methyl sites for hydroxylation is 1. The molecule has 1 heterocycles. The zero-order valence-electron chi connectivity index (χ0n) is 8.36. The highest BCUT2D eigenvalue weighted by Crippen LogP contribution is 2.00. The molecule has 0 aliphatic carbocycles. The Hall–Kier alpha value is -1.51. The van der Waals surface area contributed by atoms with Crippen LogP contribution < -0.4 is 0 Å². The largest absolute Gasteiger partial charge is 0.264 e. The molecule has 0 fully saturated rings. The van der Waals surface area contributed by atoms with Gasteiger partial charge in [-0.2, -0.15) is 10.2 Å². The molecule has 1 aromatic heterocycles. The van der Waals surface area contributed by atoms with E-state index in [2.05, 4.69) is 21.9 Å². The van der Waals surface area contributed by atoms with Gasteiger partial charge >= 0.3 is 0 Å². The molecule has 0 aromatic carbocycles. The van der Waals surface area contributed by atoms with E-state index < -0.39 is 0 Å². The summed E-state index contributed by atoms with van der Waals surface area (Å²) in [5, 5.41) is 7.02. The van der Waals surface area contributed by atoms with Crippen LogP contribution in [0.3, 0.4) is 0 Å². The maximum atomic E-state index is 3.95. The van der Waals surface area contributed by atoms with Crippen molar-refractivity contribution in [3.05, 3.63) is 29.6 Å². The minimum atomic E-state index is 0.972. The first-order chi connectivity index (χ1) is 6.34. The van der Waals surface area contributed by atoms with Crippen molar-refractivity contribution in [2.75, 3.05) is 0 Å². The van der Waals surface area contributed by atoms with Crippen LogP contribution >= 0.6 is 0 Å². The summed E-state index contributed by atoms with van der Waals surface area (Å²) in [6.45, 7) is 9.23. The van der Waals surface area contributed by atoms with E-state index in [1.54, 1.807) is 18.6 Å². The van der Waals surface area contributed by atoms with E-state index in [9.17, 15) is 0 Å². The molecule has 0 saturated carbocycles. The number of pyridine rings is 1. The third-order valence-corrected chi connectivity index (χ3v) is 1.36. The van der Waals surface area contributed by atoms with Crippen LogP contribution in [-0.2, 0) is 0 Å². The first kappa shape index (κ1) is 11.5. The summed E-state index contributed by atoms with van der Waals surface area (Å²) in [6, 6.07) is 1.92. The third kappa shape index (κ3) is 4.15. The van der Waals surface area contributed by atoms with Gasteiger partial charge in [0, 0.05) is 24.7 Å². The predicted octanol–water partition coefficient (Wildman–Crippen LogP) is 2.45. The molecule has 0 atom stereocenters. The van der Waals surface area contributed by atoms with Gasteiger partial charge in [0.15, 0.2) is 0 Å². The Kier molecular flexibility index (Phi) is 6.32. The lowest BCUT2D eigenvalue weighted by atomic mass is 10.2. The molecule has 3 nitrogen and oxygen atoms in total. The second kappa shape index (κ2) is 7.16. The van der Waals surface area contributed by atoms with Crippen molar-refractivity contribution in [1.29, 1.82) is 0 Å². The lowest BCUT2D eigenvalue weighted by Gasteiger charge is -1.94. The van der Waals surface area contributed by atoms with Crippen LogP contribution in [0.2, 0.25) is 0 Å². The Bertz CT molecular complexity index is 279. The number of rotatable bonds is 2. The van der Waals surface area contributed by atoms with Crippen LogP contribution in [0.15, 0.2) is 28.7 Å². The van der Waals surface area contributed by atoms with Crippen molar-refractivity contribution >= 4 is 12.9 Å². The van der Waals surface area contributed by atoms with Gasteiger partial charge in [0.25, 0.3) is 0 Å². The van der Waals surface area contributed by atoms with Crippen molar-refractivity contribution in [2.24, 2.45) is 10.2 Å². The molecular weight excluding hydrogens is 162 g/mol. The first-order valence-electron chi connectivity index (χ1n) is 4.24. The highest BCUT2D eigenvalue weighted by atomic mass is 15.2. The van der Waals surface area contributed by atoms with E-state index in [0.29, 0.717) is 0 Å². The SMILES string of the molecule is C=N/N=C\c1cnccc1C.CC. The maximum Gasteiger partial charge on any atom is 0.0585 e. The van der Waals surface area contributed by atoms with Crippen LogP contribution in [0.4, 0.5) is 0 Å². The van der Waals surface area contributed by atoms with Gasteiger partial charge in [-0.15, -0.1) is 0 Å². The molecule has 3 heteroatoms. The van der Waals surface area contributed by atoms with Gasteiger partial charge < -0.3 is 0 Å². The van der Waals surface area contributed by atoms with Gasteiger partial charge in [-0.05, 0) is 18.6 Å². The maximum absolute atomic E-state index is 3.95. The predicted molar refractivity (Wildman–Crippen MR) is 57.5 cm³/mol. The van der Waals surface area contributed by atoms with E-state index in [-0.39, 0.29) is 0 Å². The van der Waals surface area contributed by atoms with E-state index >= 15 is 0 Å². The summed E-state index contributed by atoms with van der Waals surface area (Å²) in [4.78, 5) is 3.95. The average Bonchev–Trinajstić information content (AvgIpc) is 2.20. The first-order valence-corrected chi connectivity index (χ1v) is 4.24. The van der Waals surface area contributed by atoms with E-state index in [1.165, 1.54) is 0 Å². The van der Waals surface area contributed by atoms with Gasteiger partial charge in [-0.3, -0.25) is 4.98 Å². The van der Waals surface area contributed by atoms with Crippen LogP contribution in [0.25, 0.3) is 0 Å². The topological polar surface area (TPSA) is 37.6 Å². The summed E-state index contributed by atoms with van der Waals surface area (Å²) in [6.07, 6.45) is 5.12. The van der Waals surface area contributed by atoms with Crippen LogP contribution in [0, 0.1) is 6.92 Å². The van der Waals surface area contributed by atoms with Crippen LogP contribution in [0.1, 0.15) is 25.0 Å². The fourth-order valence-electron chi connectivity index (χ4n) is 0.714. The van der Waals surface area contributed by atoms with Gasteiger partial charge in [0.1, 0.15) is 0 Å². The smallest absolute Gasteiger partial charge is 0.0585 e. The lowest BCUT2D eigenvalue weighted by Crippen LogP contribution is -1.86. The molecule has 70 valence electrons. The minimum Gasteiger partial charge on any atom is -0.264 e. The molecule has 13 heavy (non-hydrogen) atoms. The number of nitrogens with zero attached hydrogens (tertiary/aromatic N) is 3. The summed E-state index contributed by atoms with van der Waals surface area (Å²) in [7, 11) is 0. The van der Waals surface area contributed by atoms with Crippen molar-refractivity contribution in [2.45, 2.75) is 20.8 Å². The van der Waals surface area contributed by atoms with Crippen molar-refractivity contribution in [1.82, 2.24) is 4.98 Å². The molecule has 0 aliphatic rings. The molecule has 0 unspecified atom stereocenters. The monoisotopic (exact) mass is 177 g/mol. The van der Waals surface area contributed by atoms with E-state index in [1.807, 2.05) is 26.8 Å². The second-order valence-electron chi connectivity index (χ2n) is 2.12. The quantitative estimate of drug-likeness (QED) is 0.505. The Morgan fingerprint density at radius 2 is 2.15 bits per heavy atom. The van der Waals surface area contributed by atoms with Gasteiger partial charge in [-0.1, -0.05) is 13.8 Å². The van der Waals surface area contributed by atoms with Crippen molar-refractivity contribution in [3.63, 3.8) is 0 Å². The highest BCUT2D eigenvalue weighted by Gasteiger charge is 1.90. The Balaban J connectivity index is 0.000000671. The highest BCUT2D eigenvalue weighted by molar-refractivity contribution is 5.80. The molecule has 0 aliphatic heterocycles. The molecular formula is C10H15N3. The summed E-state index contributed by atoms with van der Waals surface area (Å²) in [5.74, 6) is 0. The Labute approximate surface area is 79.2 Å². The minimum absolute atomic E-state index is 0.972. The second-order valence-corrected chi connectivity index (χ2v) is 2.12. The molecule has 0 bridgehead atoms. The zero-order valence-corrected chi connectivity index (χ0v) is 8.36. The number of hydrogen-bond acceptors (Lipinski definition) is 3. The fourth-order valence-corrected chi connectivity index (χ4v) is 0.714. The van der Waals surface area contributed by atoms with Crippen molar-refractivity contribution < 1.29 is 0 Å². The summed E-state index contributed by atoms with van der Waals surface area (Å²) < 4.78 is 0. The van der Waals surface area contributed by atoms with Crippen LogP contribution in [0.5, 0.6) is 0 Å². The van der Waals surface area contributed by atoms with Crippen LogP contribution in [-0.4, -0.2) is 17.9 Å².